The highest BCUT2D eigenvalue weighted by atomic mass is 16.7. The van der Waals surface area contributed by atoms with Gasteiger partial charge in [-0.2, -0.15) is 0 Å². The van der Waals surface area contributed by atoms with Crippen LogP contribution < -0.4 is 5.46 Å². The minimum absolute atomic E-state index is 0.258. The summed E-state index contributed by atoms with van der Waals surface area (Å²) in [5.74, 6) is 0. The number of hydrogen-bond donors (Lipinski definition) is 0. The third-order valence-electron chi connectivity index (χ3n) is 1.87. The van der Waals surface area contributed by atoms with Crippen molar-refractivity contribution in [2.24, 2.45) is 0 Å². The molecule has 2 nitrogen and oxygen atoms in total. The molecule has 0 amide bonds. The van der Waals surface area contributed by atoms with Crippen LogP contribution in [0.1, 0.15) is 11.9 Å². The zero-order valence-corrected chi connectivity index (χ0v) is 6.69. The standard InChI is InChI=1S/C9H9BO2/c10-8-4-2-1-3-7(8)9-11-5-6-12-9/h1-4,9H,5-6H2. The van der Waals surface area contributed by atoms with Gasteiger partial charge in [-0.25, -0.2) is 0 Å². The molecule has 3 heteroatoms. The molecule has 0 unspecified atom stereocenters. The fourth-order valence-corrected chi connectivity index (χ4v) is 1.26. The van der Waals surface area contributed by atoms with Gasteiger partial charge in [0.25, 0.3) is 0 Å². The third-order valence-corrected chi connectivity index (χ3v) is 1.87. The molecule has 1 aromatic carbocycles. The van der Waals surface area contributed by atoms with Crippen molar-refractivity contribution in [3.05, 3.63) is 29.8 Å². The van der Waals surface area contributed by atoms with Crippen LogP contribution in [0.15, 0.2) is 24.3 Å². The SMILES string of the molecule is [B]c1ccccc1C1OCCO1. The van der Waals surface area contributed by atoms with E-state index in [0.29, 0.717) is 13.2 Å². The topological polar surface area (TPSA) is 18.5 Å². The van der Waals surface area contributed by atoms with Gasteiger partial charge in [0.15, 0.2) is 6.29 Å². The first-order chi connectivity index (χ1) is 5.88. The largest absolute Gasteiger partial charge is 0.346 e. The van der Waals surface area contributed by atoms with Crippen molar-refractivity contribution < 1.29 is 9.47 Å². The van der Waals surface area contributed by atoms with Crippen LogP contribution in [0.2, 0.25) is 0 Å². The highest BCUT2D eigenvalue weighted by molar-refractivity contribution is 6.33. The quantitative estimate of drug-likeness (QED) is 0.557. The maximum Gasteiger partial charge on any atom is 0.183 e. The van der Waals surface area contributed by atoms with E-state index in [9.17, 15) is 0 Å². The van der Waals surface area contributed by atoms with Crippen LogP contribution >= 0.6 is 0 Å². The van der Waals surface area contributed by atoms with Gasteiger partial charge < -0.3 is 9.47 Å². The van der Waals surface area contributed by atoms with E-state index < -0.39 is 0 Å². The molecule has 12 heavy (non-hydrogen) atoms. The van der Waals surface area contributed by atoms with Crippen molar-refractivity contribution in [2.45, 2.75) is 6.29 Å². The van der Waals surface area contributed by atoms with E-state index in [1.165, 1.54) is 0 Å². The summed E-state index contributed by atoms with van der Waals surface area (Å²) in [7, 11) is 5.74. The molecular weight excluding hydrogens is 151 g/mol. The molecule has 2 rings (SSSR count). The number of benzene rings is 1. The second-order valence-electron chi connectivity index (χ2n) is 2.70. The zero-order chi connectivity index (χ0) is 8.39. The second kappa shape index (κ2) is 3.29. The Hall–Kier alpha value is -0.795. The van der Waals surface area contributed by atoms with Gasteiger partial charge in [-0.1, -0.05) is 29.7 Å². The molecule has 0 aromatic heterocycles. The summed E-state index contributed by atoms with van der Waals surface area (Å²) in [5.41, 5.74) is 1.65. The Morgan fingerprint density at radius 1 is 1.17 bits per heavy atom. The molecule has 0 spiro atoms. The molecule has 1 saturated heterocycles. The van der Waals surface area contributed by atoms with E-state index in [1.807, 2.05) is 24.3 Å². The smallest absolute Gasteiger partial charge is 0.183 e. The molecular formula is C9H9BO2. The molecule has 0 atom stereocenters. The van der Waals surface area contributed by atoms with Crippen LogP contribution in [-0.4, -0.2) is 21.1 Å². The van der Waals surface area contributed by atoms with Crippen LogP contribution in [-0.2, 0) is 9.47 Å². The molecule has 0 N–H and O–H groups in total. The molecule has 1 aliphatic heterocycles. The Kier molecular flexibility index (Phi) is 2.15. The highest BCUT2D eigenvalue weighted by Crippen LogP contribution is 2.20. The first kappa shape index (κ1) is 7.83. The van der Waals surface area contributed by atoms with Gasteiger partial charge in [0.05, 0.1) is 13.2 Å². The predicted octanol–water partition coefficient (Wildman–Crippen LogP) is 0.526. The molecule has 2 radical (unpaired) electrons. The van der Waals surface area contributed by atoms with Crippen molar-refractivity contribution >= 4 is 13.3 Å². The van der Waals surface area contributed by atoms with Crippen LogP contribution in [0.25, 0.3) is 0 Å². The maximum absolute atomic E-state index is 5.74. The van der Waals surface area contributed by atoms with Gasteiger partial charge >= 0.3 is 0 Å². The monoisotopic (exact) mass is 160 g/mol. The fraction of sp³-hybridized carbons (Fsp3) is 0.333. The molecule has 60 valence electrons. The summed E-state index contributed by atoms with van der Waals surface area (Å²) < 4.78 is 10.6. The lowest BCUT2D eigenvalue weighted by Gasteiger charge is -2.11. The number of rotatable bonds is 1. The van der Waals surface area contributed by atoms with Gasteiger partial charge in [0.2, 0.25) is 0 Å². The minimum Gasteiger partial charge on any atom is -0.346 e. The normalized spacial score (nSPS) is 18.3. The number of ether oxygens (including phenoxy) is 2. The summed E-state index contributed by atoms with van der Waals surface area (Å²) in [6, 6.07) is 7.59. The third kappa shape index (κ3) is 1.38. The minimum atomic E-state index is -0.258. The molecule has 0 aliphatic carbocycles. The Morgan fingerprint density at radius 3 is 2.50 bits per heavy atom. The molecule has 1 aliphatic rings. The van der Waals surface area contributed by atoms with E-state index in [4.69, 9.17) is 17.3 Å². The van der Waals surface area contributed by atoms with Gasteiger partial charge in [-0.15, -0.1) is 0 Å². The zero-order valence-electron chi connectivity index (χ0n) is 6.69. The van der Waals surface area contributed by atoms with Crippen LogP contribution in [0.5, 0.6) is 0 Å². The summed E-state index contributed by atoms with van der Waals surface area (Å²) in [5, 5.41) is 0. The van der Waals surface area contributed by atoms with Crippen molar-refractivity contribution in [3.8, 4) is 0 Å². The Balaban J connectivity index is 2.26. The Labute approximate surface area is 72.9 Å². The van der Waals surface area contributed by atoms with Crippen molar-refractivity contribution in [2.75, 3.05) is 13.2 Å². The highest BCUT2D eigenvalue weighted by Gasteiger charge is 2.18. The summed E-state index contributed by atoms with van der Waals surface area (Å²) in [4.78, 5) is 0. The average Bonchev–Trinajstić information content (AvgIpc) is 2.57. The van der Waals surface area contributed by atoms with Crippen LogP contribution in [0, 0.1) is 0 Å². The van der Waals surface area contributed by atoms with E-state index >= 15 is 0 Å². The van der Waals surface area contributed by atoms with E-state index in [2.05, 4.69) is 0 Å². The van der Waals surface area contributed by atoms with Crippen molar-refractivity contribution in [1.82, 2.24) is 0 Å². The first-order valence-electron chi connectivity index (χ1n) is 3.95. The first-order valence-corrected chi connectivity index (χ1v) is 3.95. The molecule has 0 bridgehead atoms. The second-order valence-corrected chi connectivity index (χ2v) is 2.70. The summed E-state index contributed by atoms with van der Waals surface area (Å²) >= 11 is 0. The van der Waals surface area contributed by atoms with Gasteiger partial charge in [-0.3, -0.25) is 0 Å². The van der Waals surface area contributed by atoms with Crippen LogP contribution in [0.3, 0.4) is 0 Å². The van der Waals surface area contributed by atoms with Crippen LogP contribution in [0.4, 0.5) is 0 Å². The lowest BCUT2D eigenvalue weighted by Crippen LogP contribution is -2.14. The van der Waals surface area contributed by atoms with Gasteiger partial charge in [-0.05, 0) is 0 Å². The van der Waals surface area contributed by atoms with Crippen molar-refractivity contribution in [3.63, 3.8) is 0 Å². The Morgan fingerprint density at radius 2 is 1.83 bits per heavy atom. The lowest BCUT2D eigenvalue weighted by molar-refractivity contribution is -0.0433. The molecule has 1 aromatic rings. The van der Waals surface area contributed by atoms with Gasteiger partial charge in [0.1, 0.15) is 7.85 Å². The number of hydrogen-bond acceptors (Lipinski definition) is 2. The van der Waals surface area contributed by atoms with E-state index in [1.54, 1.807) is 0 Å². The van der Waals surface area contributed by atoms with E-state index in [-0.39, 0.29) is 6.29 Å². The molecule has 1 heterocycles. The molecule has 1 fully saturated rings. The fourth-order valence-electron chi connectivity index (χ4n) is 1.26. The Bertz CT molecular complexity index is 269. The van der Waals surface area contributed by atoms with Gasteiger partial charge in [0, 0.05) is 5.56 Å². The van der Waals surface area contributed by atoms with Crippen molar-refractivity contribution in [1.29, 1.82) is 0 Å². The summed E-state index contributed by atoms with van der Waals surface area (Å²) in [6.07, 6.45) is -0.258. The predicted molar refractivity (Wildman–Crippen MR) is 46.5 cm³/mol. The lowest BCUT2D eigenvalue weighted by atomic mass is 9.90. The average molecular weight is 160 g/mol. The van der Waals surface area contributed by atoms with E-state index in [0.717, 1.165) is 11.0 Å². The molecule has 0 saturated carbocycles. The maximum atomic E-state index is 5.74. The summed E-state index contributed by atoms with van der Waals surface area (Å²) in [6.45, 7) is 1.30.